The third-order valence-corrected chi connectivity index (χ3v) is 1.17. The number of aromatic nitrogens is 2. The second-order valence-corrected chi connectivity index (χ2v) is 2.03. The maximum absolute atomic E-state index is 3.67. The molecule has 1 aromatic rings. The number of rotatable bonds is 0. The van der Waals surface area contributed by atoms with Crippen LogP contribution < -0.4 is 5.32 Å². The lowest BCUT2D eigenvalue weighted by atomic mass is 10.6. The van der Waals surface area contributed by atoms with Crippen molar-refractivity contribution in [2.24, 2.45) is 0 Å². The van der Waals surface area contributed by atoms with Crippen LogP contribution in [-0.2, 0) is 0 Å². The average Bonchev–Trinajstić information content (AvgIpc) is 2.64. The third kappa shape index (κ3) is 4.22. The van der Waals surface area contributed by atoms with E-state index in [1.54, 1.807) is 18.5 Å². The molecule has 1 aliphatic rings. The van der Waals surface area contributed by atoms with Crippen LogP contribution in [0.1, 0.15) is 0 Å². The van der Waals surface area contributed by atoms with Crippen LogP contribution in [0.2, 0.25) is 0 Å². The van der Waals surface area contributed by atoms with Crippen LogP contribution in [0.5, 0.6) is 0 Å². The zero-order valence-corrected chi connectivity index (χ0v) is 6.27. The smallest absolute Gasteiger partial charge is 0.115 e. The molecule has 0 radical (unpaired) electrons. The zero-order chi connectivity index (χ0) is 7.78. The van der Waals surface area contributed by atoms with Crippen molar-refractivity contribution in [1.82, 2.24) is 15.3 Å². The topological polar surface area (TPSA) is 37.8 Å². The highest BCUT2D eigenvalue weighted by molar-refractivity contribution is 4.92. The minimum absolute atomic E-state index is 1.07. The fourth-order valence-electron chi connectivity index (χ4n) is 0.670. The van der Waals surface area contributed by atoms with Crippen molar-refractivity contribution in [3.8, 4) is 0 Å². The normalized spacial score (nSPS) is 13.8. The lowest BCUT2D eigenvalue weighted by Crippen LogP contribution is -2.04. The summed E-state index contributed by atoms with van der Waals surface area (Å²) in [5, 5.41) is 3.11. The molecule has 0 aromatic carbocycles. The van der Waals surface area contributed by atoms with Gasteiger partial charge >= 0.3 is 0 Å². The summed E-state index contributed by atoms with van der Waals surface area (Å²) in [5.41, 5.74) is 0. The summed E-state index contributed by atoms with van der Waals surface area (Å²) < 4.78 is 0. The van der Waals surface area contributed by atoms with Crippen LogP contribution in [-0.4, -0.2) is 23.1 Å². The number of hydrogen-bond donors (Lipinski definition) is 1. The van der Waals surface area contributed by atoms with Gasteiger partial charge in [-0.3, -0.25) is 0 Å². The Morgan fingerprint density at radius 3 is 1.82 bits per heavy atom. The first-order valence-corrected chi connectivity index (χ1v) is 3.56. The Morgan fingerprint density at radius 2 is 1.64 bits per heavy atom. The van der Waals surface area contributed by atoms with Crippen molar-refractivity contribution < 1.29 is 0 Å². The Balaban J connectivity index is 0.000000112. The van der Waals surface area contributed by atoms with Gasteiger partial charge in [0.1, 0.15) is 6.33 Å². The molecule has 0 spiro atoms. The van der Waals surface area contributed by atoms with E-state index in [9.17, 15) is 0 Å². The van der Waals surface area contributed by atoms with Crippen molar-refractivity contribution in [1.29, 1.82) is 0 Å². The van der Waals surface area contributed by atoms with E-state index in [0.717, 1.165) is 13.1 Å². The molecule has 1 aliphatic heterocycles. The van der Waals surface area contributed by atoms with Crippen molar-refractivity contribution >= 4 is 0 Å². The van der Waals surface area contributed by atoms with Crippen LogP contribution in [0.15, 0.2) is 36.9 Å². The van der Waals surface area contributed by atoms with Gasteiger partial charge in [0.2, 0.25) is 0 Å². The maximum Gasteiger partial charge on any atom is 0.115 e. The van der Waals surface area contributed by atoms with E-state index >= 15 is 0 Å². The predicted molar refractivity (Wildman–Crippen MR) is 44.0 cm³/mol. The first-order chi connectivity index (χ1) is 5.50. The Kier molecular flexibility index (Phi) is 3.98. The molecule has 0 bridgehead atoms. The van der Waals surface area contributed by atoms with Crippen molar-refractivity contribution in [2.75, 3.05) is 13.1 Å². The summed E-state index contributed by atoms with van der Waals surface area (Å²) in [5.74, 6) is 0. The molecular weight excluding hydrogens is 138 g/mol. The van der Waals surface area contributed by atoms with Crippen molar-refractivity contribution in [3.63, 3.8) is 0 Å². The number of nitrogens with zero attached hydrogens (tertiary/aromatic N) is 2. The summed E-state index contributed by atoms with van der Waals surface area (Å²) in [6, 6.07) is 1.78. The molecule has 3 nitrogen and oxygen atoms in total. The van der Waals surface area contributed by atoms with Gasteiger partial charge in [-0.1, -0.05) is 12.2 Å². The second-order valence-electron chi connectivity index (χ2n) is 2.03. The van der Waals surface area contributed by atoms with E-state index in [2.05, 4.69) is 27.4 Å². The molecule has 58 valence electrons. The molecule has 0 saturated heterocycles. The van der Waals surface area contributed by atoms with E-state index in [0.29, 0.717) is 0 Å². The van der Waals surface area contributed by atoms with Gasteiger partial charge in [0.05, 0.1) is 0 Å². The van der Waals surface area contributed by atoms with E-state index in [-0.39, 0.29) is 0 Å². The van der Waals surface area contributed by atoms with Crippen molar-refractivity contribution in [2.45, 2.75) is 0 Å². The van der Waals surface area contributed by atoms with Gasteiger partial charge in [-0.25, -0.2) is 9.97 Å². The highest BCUT2D eigenvalue weighted by Gasteiger charge is 1.81. The standard InChI is InChI=1S/C4H4N2.C4H7N/c1-2-5-4-6-3-1;1-2-4-5-3-1/h1-4H;1-2,5H,3-4H2. The maximum atomic E-state index is 3.67. The molecule has 0 saturated carbocycles. The molecular formula is C8H11N3. The molecule has 0 aliphatic carbocycles. The van der Waals surface area contributed by atoms with Gasteiger partial charge in [-0.15, -0.1) is 0 Å². The van der Waals surface area contributed by atoms with E-state index in [1.807, 2.05) is 0 Å². The molecule has 3 heteroatoms. The SMILES string of the molecule is C1=CCNC1.c1cncnc1. The highest BCUT2D eigenvalue weighted by Crippen LogP contribution is 1.75. The summed E-state index contributed by atoms with van der Waals surface area (Å²) in [4.78, 5) is 7.35. The fraction of sp³-hybridized carbons (Fsp3) is 0.250. The number of nitrogens with one attached hydrogen (secondary N) is 1. The first kappa shape index (κ1) is 7.88. The molecule has 0 fully saturated rings. The third-order valence-electron chi connectivity index (χ3n) is 1.17. The predicted octanol–water partition coefficient (Wildman–Crippen LogP) is 0.622. The molecule has 1 N–H and O–H groups in total. The van der Waals surface area contributed by atoms with Gasteiger partial charge < -0.3 is 5.32 Å². The molecule has 0 unspecified atom stereocenters. The minimum Gasteiger partial charge on any atom is -0.310 e. The Labute approximate surface area is 66.2 Å². The highest BCUT2D eigenvalue weighted by atomic mass is 14.9. The molecule has 0 amide bonds. The summed E-state index contributed by atoms with van der Waals surface area (Å²) >= 11 is 0. The van der Waals surface area contributed by atoms with Gasteiger partial charge in [0, 0.05) is 25.5 Å². The Bertz CT molecular complexity index is 163. The largest absolute Gasteiger partial charge is 0.310 e. The molecule has 1 aromatic heterocycles. The summed E-state index contributed by atoms with van der Waals surface area (Å²) in [7, 11) is 0. The summed E-state index contributed by atoms with van der Waals surface area (Å²) in [6.45, 7) is 2.14. The van der Waals surface area contributed by atoms with Crippen LogP contribution in [0.25, 0.3) is 0 Å². The summed E-state index contributed by atoms with van der Waals surface area (Å²) in [6.07, 6.45) is 9.12. The lowest BCUT2D eigenvalue weighted by Gasteiger charge is -1.77. The van der Waals surface area contributed by atoms with Gasteiger partial charge in [0.15, 0.2) is 0 Å². The molecule has 2 rings (SSSR count). The quantitative estimate of drug-likeness (QED) is 0.549. The molecule has 0 atom stereocenters. The van der Waals surface area contributed by atoms with Gasteiger partial charge in [-0.2, -0.15) is 0 Å². The monoisotopic (exact) mass is 149 g/mol. The lowest BCUT2D eigenvalue weighted by molar-refractivity contribution is 0.892. The Morgan fingerprint density at radius 1 is 1.00 bits per heavy atom. The first-order valence-electron chi connectivity index (χ1n) is 3.56. The molecule has 11 heavy (non-hydrogen) atoms. The fourth-order valence-corrected chi connectivity index (χ4v) is 0.670. The van der Waals surface area contributed by atoms with Crippen LogP contribution in [0, 0.1) is 0 Å². The molecule has 2 heterocycles. The van der Waals surface area contributed by atoms with E-state index < -0.39 is 0 Å². The van der Waals surface area contributed by atoms with Crippen LogP contribution >= 0.6 is 0 Å². The van der Waals surface area contributed by atoms with Crippen LogP contribution in [0.3, 0.4) is 0 Å². The zero-order valence-electron chi connectivity index (χ0n) is 6.27. The number of hydrogen-bond acceptors (Lipinski definition) is 3. The van der Waals surface area contributed by atoms with Gasteiger partial charge in [-0.05, 0) is 6.07 Å². The van der Waals surface area contributed by atoms with Crippen molar-refractivity contribution in [3.05, 3.63) is 36.9 Å². The minimum atomic E-state index is 1.07. The van der Waals surface area contributed by atoms with E-state index in [4.69, 9.17) is 0 Å². The second kappa shape index (κ2) is 5.56. The average molecular weight is 149 g/mol. The van der Waals surface area contributed by atoms with Crippen LogP contribution in [0.4, 0.5) is 0 Å². The Hall–Kier alpha value is -1.22. The van der Waals surface area contributed by atoms with E-state index in [1.165, 1.54) is 6.33 Å². The van der Waals surface area contributed by atoms with Gasteiger partial charge in [0.25, 0.3) is 0 Å².